The molecule has 2 unspecified atom stereocenters. The van der Waals surface area contributed by atoms with Gasteiger partial charge in [-0.05, 0) is 50.9 Å². The summed E-state index contributed by atoms with van der Waals surface area (Å²) in [5.74, 6) is 0.0271. The molecule has 0 aromatic rings. The number of ether oxygens (including phenoxy) is 1. The monoisotopic (exact) mass is 333 g/mol. The van der Waals surface area contributed by atoms with Gasteiger partial charge in [-0.2, -0.15) is 0 Å². The van der Waals surface area contributed by atoms with E-state index >= 15 is 0 Å². The Balaban J connectivity index is 0.000000175. The van der Waals surface area contributed by atoms with Crippen LogP contribution in [0, 0.1) is 17.3 Å². The number of esters is 1. The third kappa shape index (κ3) is 3.60. The van der Waals surface area contributed by atoms with Gasteiger partial charge in [-0.15, -0.1) is 0 Å². The van der Waals surface area contributed by atoms with Gasteiger partial charge in [-0.1, -0.05) is 25.5 Å². The van der Waals surface area contributed by atoms with Gasteiger partial charge in [0.2, 0.25) is 0 Å². The van der Waals surface area contributed by atoms with Gasteiger partial charge in [0.1, 0.15) is 0 Å². The predicted octanol–water partition coefficient (Wildman–Crippen LogP) is 2.91. The van der Waals surface area contributed by atoms with E-state index in [2.05, 4.69) is 39.1 Å². The van der Waals surface area contributed by atoms with Crippen molar-refractivity contribution < 1.29 is 19.1 Å². The Morgan fingerprint density at radius 2 is 1.62 bits per heavy atom. The number of methoxy groups -OCH3 is 1. The van der Waals surface area contributed by atoms with E-state index in [0.29, 0.717) is 5.92 Å². The highest BCUT2D eigenvalue weighted by atomic mass is 16.5. The number of amides is 2. The molecule has 1 saturated carbocycles. The Morgan fingerprint density at radius 1 is 1.12 bits per heavy atom. The molecule has 0 aromatic carbocycles. The van der Waals surface area contributed by atoms with Crippen LogP contribution in [0.3, 0.4) is 0 Å². The highest BCUT2D eigenvalue weighted by molar-refractivity contribution is 6.19. The summed E-state index contributed by atoms with van der Waals surface area (Å²) < 4.78 is 4.75. The van der Waals surface area contributed by atoms with Gasteiger partial charge in [0.05, 0.1) is 13.0 Å². The Labute approximate surface area is 143 Å². The summed E-state index contributed by atoms with van der Waals surface area (Å²) in [4.78, 5) is 33.4. The third-order valence-corrected chi connectivity index (χ3v) is 5.12. The number of hydrogen-bond donors (Lipinski definition) is 1. The summed E-state index contributed by atoms with van der Waals surface area (Å²) in [5.41, 5.74) is 2.83. The zero-order chi connectivity index (χ0) is 18.1. The molecule has 1 heterocycles. The fraction of sp³-hybridized carbons (Fsp3) is 0.632. The van der Waals surface area contributed by atoms with Crippen LogP contribution in [0.4, 0.5) is 0 Å². The first kappa shape index (κ1) is 18.4. The third-order valence-electron chi connectivity index (χ3n) is 5.12. The molecular weight excluding hydrogens is 306 g/mol. The van der Waals surface area contributed by atoms with E-state index in [0.717, 1.165) is 36.8 Å². The fourth-order valence-corrected chi connectivity index (χ4v) is 3.59. The maximum atomic E-state index is 11.3. The van der Waals surface area contributed by atoms with E-state index in [1.807, 2.05) is 0 Å². The molecule has 2 atom stereocenters. The number of carbonyl (C=O) groups is 3. The molecule has 5 heteroatoms. The van der Waals surface area contributed by atoms with E-state index in [9.17, 15) is 14.4 Å². The number of rotatable bonds is 2. The maximum Gasteiger partial charge on any atom is 0.309 e. The second kappa shape index (κ2) is 6.91. The molecule has 2 aliphatic carbocycles. The van der Waals surface area contributed by atoms with Crippen molar-refractivity contribution in [3.63, 3.8) is 0 Å². The fourth-order valence-electron chi connectivity index (χ4n) is 3.59. The lowest BCUT2D eigenvalue weighted by atomic mass is 9.93. The van der Waals surface area contributed by atoms with Crippen LogP contribution in [0.1, 0.15) is 53.4 Å². The standard InChI is InChI=1S/C11H18O2.C8H9NO2/c1-7(2)6-8-9(10(12)13-5)11(8,3)4;10-7-5-3-1-2-4-6(5)8(11)9-7/h6,8-9H,1-5H3;1-4H2,(H,9,10,11). The largest absolute Gasteiger partial charge is 0.469 e. The molecule has 0 spiro atoms. The van der Waals surface area contributed by atoms with E-state index < -0.39 is 0 Å². The average Bonchev–Trinajstić information content (AvgIpc) is 2.92. The smallest absolute Gasteiger partial charge is 0.309 e. The summed E-state index contributed by atoms with van der Waals surface area (Å²) in [6.45, 7) is 8.34. The van der Waals surface area contributed by atoms with Crippen molar-refractivity contribution in [3.8, 4) is 0 Å². The lowest BCUT2D eigenvalue weighted by molar-refractivity contribution is -0.143. The maximum absolute atomic E-state index is 11.3. The molecular formula is C19H27NO4. The van der Waals surface area contributed by atoms with Crippen LogP contribution in [0.5, 0.6) is 0 Å². The van der Waals surface area contributed by atoms with Crippen molar-refractivity contribution in [3.05, 3.63) is 22.8 Å². The average molecular weight is 333 g/mol. The van der Waals surface area contributed by atoms with Gasteiger partial charge < -0.3 is 4.74 Å². The van der Waals surface area contributed by atoms with Crippen LogP contribution in [0.15, 0.2) is 22.8 Å². The molecule has 5 nitrogen and oxygen atoms in total. The van der Waals surface area contributed by atoms with Crippen molar-refractivity contribution in [2.24, 2.45) is 17.3 Å². The number of hydrogen-bond acceptors (Lipinski definition) is 4. The van der Waals surface area contributed by atoms with Crippen LogP contribution in [0.25, 0.3) is 0 Å². The number of nitrogens with one attached hydrogen (secondary N) is 1. The molecule has 0 bridgehead atoms. The van der Waals surface area contributed by atoms with E-state index in [4.69, 9.17) is 4.74 Å². The lowest BCUT2D eigenvalue weighted by Crippen LogP contribution is -2.22. The first-order valence-electron chi connectivity index (χ1n) is 8.50. The van der Waals surface area contributed by atoms with E-state index in [1.165, 1.54) is 12.7 Å². The van der Waals surface area contributed by atoms with Crippen molar-refractivity contribution in [1.29, 1.82) is 0 Å². The minimum absolute atomic E-state index is 0.0624. The molecule has 0 radical (unpaired) electrons. The first-order chi connectivity index (χ1) is 11.2. The lowest BCUT2D eigenvalue weighted by Gasteiger charge is -2.08. The topological polar surface area (TPSA) is 72.5 Å². The first-order valence-corrected chi connectivity index (χ1v) is 8.50. The van der Waals surface area contributed by atoms with Crippen molar-refractivity contribution in [1.82, 2.24) is 5.32 Å². The van der Waals surface area contributed by atoms with Crippen LogP contribution < -0.4 is 5.32 Å². The van der Waals surface area contributed by atoms with E-state index in [-0.39, 0.29) is 29.1 Å². The molecule has 1 aliphatic heterocycles. The zero-order valence-electron chi connectivity index (χ0n) is 15.2. The molecule has 0 saturated heterocycles. The van der Waals surface area contributed by atoms with E-state index in [1.54, 1.807) is 0 Å². The summed E-state index contributed by atoms with van der Waals surface area (Å²) in [6, 6.07) is 0. The summed E-state index contributed by atoms with van der Waals surface area (Å²) >= 11 is 0. The zero-order valence-corrected chi connectivity index (χ0v) is 15.2. The van der Waals surface area contributed by atoms with Gasteiger partial charge in [0.15, 0.2) is 0 Å². The van der Waals surface area contributed by atoms with Gasteiger partial charge in [-0.3, -0.25) is 19.7 Å². The molecule has 132 valence electrons. The summed E-state index contributed by atoms with van der Waals surface area (Å²) in [7, 11) is 1.45. The summed E-state index contributed by atoms with van der Waals surface area (Å²) in [5, 5.41) is 2.31. The SMILES string of the molecule is COC(=O)C1C(C=C(C)C)C1(C)C.O=C1NC(=O)C2=C1CCCC2. The Hall–Kier alpha value is -1.91. The van der Waals surface area contributed by atoms with Crippen LogP contribution in [-0.2, 0) is 19.1 Å². The predicted molar refractivity (Wildman–Crippen MR) is 90.9 cm³/mol. The van der Waals surface area contributed by atoms with Gasteiger partial charge in [0, 0.05) is 11.1 Å². The quantitative estimate of drug-likeness (QED) is 0.479. The highest BCUT2D eigenvalue weighted by Crippen LogP contribution is 2.59. The highest BCUT2D eigenvalue weighted by Gasteiger charge is 2.61. The van der Waals surface area contributed by atoms with Gasteiger partial charge in [0.25, 0.3) is 11.8 Å². The van der Waals surface area contributed by atoms with Gasteiger partial charge >= 0.3 is 5.97 Å². The summed E-state index contributed by atoms with van der Waals surface area (Å²) in [6.07, 6.45) is 5.82. The minimum atomic E-state index is -0.162. The van der Waals surface area contributed by atoms with Crippen molar-refractivity contribution in [2.45, 2.75) is 53.4 Å². The minimum Gasteiger partial charge on any atom is -0.469 e. The Morgan fingerprint density at radius 3 is 2.04 bits per heavy atom. The van der Waals surface area contributed by atoms with Crippen LogP contribution >= 0.6 is 0 Å². The molecule has 1 N–H and O–H groups in total. The number of allylic oxidation sites excluding steroid dienone is 2. The number of imide groups is 1. The van der Waals surface area contributed by atoms with Crippen LogP contribution in [0.2, 0.25) is 0 Å². The Kier molecular flexibility index (Phi) is 5.31. The van der Waals surface area contributed by atoms with Crippen molar-refractivity contribution >= 4 is 17.8 Å². The molecule has 0 aromatic heterocycles. The molecule has 2 amide bonds. The van der Waals surface area contributed by atoms with Crippen molar-refractivity contribution in [2.75, 3.05) is 7.11 Å². The molecule has 3 aliphatic rings. The molecule has 1 fully saturated rings. The molecule has 24 heavy (non-hydrogen) atoms. The van der Waals surface area contributed by atoms with Crippen LogP contribution in [-0.4, -0.2) is 24.9 Å². The normalized spacial score (nSPS) is 26.7. The molecule has 3 rings (SSSR count). The number of carbonyl (C=O) groups excluding carboxylic acids is 3. The van der Waals surface area contributed by atoms with Gasteiger partial charge in [-0.25, -0.2) is 0 Å². The Bertz CT molecular complexity index is 597. The second-order valence-corrected chi connectivity index (χ2v) is 7.54. The second-order valence-electron chi connectivity index (χ2n) is 7.54.